The predicted molar refractivity (Wildman–Crippen MR) is 66.3 cm³/mol. The van der Waals surface area contributed by atoms with Gasteiger partial charge in [-0.05, 0) is 30.4 Å². The summed E-state index contributed by atoms with van der Waals surface area (Å²) in [4.78, 5) is 0. The normalized spacial score (nSPS) is 26.2. The fraction of sp³-hybridized carbons (Fsp3) is 0.571. The summed E-state index contributed by atoms with van der Waals surface area (Å²) in [5, 5.41) is 0. The van der Waals surface area contributed by atoms with Gasteiger partial charge in [0.25, 0.3) is 0 Å². The second kappa shape index (κ2) is 4.56. The van der Waals surface area contributed by atoms with Crippen LogP contribution in [-0.4, -0.2) is 13.7 Å². The zero-order valence-corrected chi connectivity index (χ0v) is 10.2. The van der Waals surface area contributed by atoms with Gasteiger partial charge < -0.3 is 10.5 Å². The first-order valence-electron chi connectivity index (χ1n) is 6.04. The Morgan fingerprint density at radius 2 is 2.19 bits per heavy atom. The summed E-state index contributed by atoms with van der Waals surface area (Å²) < 4.78 is 5.26. The van der Waals surface area contributed by atoms with Gasteiger partial charge in [0, 0.05) is 18.6 Å². The van der Waals surface area contributed by atoms with Gasteiger partial charge in [-0.15, -0.1) is 0 Å². The van der Waals surface area contributed by atoms with Crippen LogP contribution in [0.25, 0.3) is 0 Å². The van der Waals surface area contributed by atoms with Gasteiger partial charge in [0.05, 0.1) is 6.61 Å². The van der Waals surface area contributed by atoms with Crippen LogP contribution in [0, 0.1) is 5.92 Å². The van der Waals surface area contributed by atoms with E-state index in [4.69, 9.17) is 10.5 Å². The Morgan fingerprint density at radius 1 is 1.44 bits per heavy atom. The maximum absolute atomic E-state index is 6.62. The number of rotatable bonds is 3. The molecule has 1 aromatic carbocycles. The Labute approximate surface area is 97.8 Å². The van der Waals surface area contributed by atoms with Gasteiger partial charge in [-0.3, -0.25) is 0 Å². The quantitative estimate of drug-likeness (QED) is 0.847. The summed E-state index contributed by atoms with van der Waals surface area (Å²) >= 11 is 0. The highest BCUT2D eigenvalue weighted by atomic mass is 16.5. The van der Waals surface area contributed by atoms with E-state index in [0.717, 1.165) is 19.4 Å². The van der Waals surface area contributed by atoms with Crippen LogP contribution in [0.1, 0.15) is 30.9 Å². The van der Waals surface area contributed by atoms with Crippen LogP contribution in [0.5, 0.6) is 0 Å². The van der Waals surface area contributed by atoms with Crippen LogP contribution < -0.4 is 5.73 Å². The molecule has 0 aromatic heterocycles. The summed E-state index contributed by atoms with van der Waals surface area (Å²) in [7, 11) is 1.74. The topological polar surface area (TPSA) is 35.2 Å². The first-order valence-corrected chi connectivity index (χ1v) is 6.04. The van der Waals surface area contributed by atoms with Crippen LogP contribution in [0.3, 0.4) is 0 Å². The molecule has 2 atom stereocenters. The fourth-order valence-electron chi connectivity index (χ4n) is 2.81. The third-order valence-corrected chi connectivity index (χ3v) is 3.85. The van der Waals surface area contributed by atoms with Crippen LogP contribution in [0.2, 0.25) is 0 Å². The molecule has 0 amide bonds. The molecule has 16 heavy (non-hydrogen) atoms. The predicted octanol–water partition coefficient (Wildman–Crippen LogP) is 2.46. The summed E-state index contributed by atoms with van der Waals surface area (Å²) in [6.45, 7) is 2.91. The van der Waals surface area contributed by atoms with E-state index in [0.29, 0.717) is 5.92 Å². The van der Waals surface area contributed by atoms with Gasteiger partial charge in [-0.1, -0.05) is 31.2 Å². The molecular weight excluding hydrogens is 198 g/mol. The van der Waals surface area contributed by atoms with Gasteiger partial charge >= 0.3 is 0 Å². The van der Waals surface area contributed by atoms with E-state index in [1.807, 2.05) is 0 Å². The van der Waals surface area contributed by atoms with Gasteiger partial charge in [-0.25, -0.2) is 0 Å². The molecule has 2 nitrogen and oxygen atoms in total. The minimum Gasteiger partial charge on any atom is -0.384 e. The molecule has 2 heteroatoms. The first kappa shape index (κ1) is 11.6. The minimum atomic E-state index is -0.204. The zero-order valence-electron chi connectivity index (χ0n) is 10.2. The Hall–Kier alpha value is -0.860. The van der Waals surface area contributed by atoms with E-state index in [1.165, 1.54) is 17.5 Å². The van der Waals surface area contributed by atoms with Crippen LogP contribution >= 0.6 is 0 Å². The molecule has 0 radical (unpaired) electrons. The molecule has 0 fully saturated rings. The maximum atomic E-state index is 6.62. The summed E-state index contributed by atoms with van der Waals surface area (Å²) in [5.74, 6) is 0.360. The summed E-state index contributed by atoms with van der Waals surface area (Å²) in [6.07, 6.45) is 3.41. The number of hydrogen-bond acceptors (Lipinski definition) is 2. The van der Waals surface area contributed by atoms with E-state index in [1.54, 1.807) is 7.11 Å². The summed E-state index contributed by atoms with van der Waals surface area (Å²) in [6, 6.07) is 8.58. The standard InChI is InChI=1S/C14H21NO/c1-11(10-16-2)14(15)9-5-7-12-6-3-4-8-13(12)14/h3-4,6,8,11H,5,7,9-10,15H2,1-2H3. The number of fused-ring (bicyclic) bond motifs is 1. The fourth-order valence-corrected chi connectivity index (χ4v) is 2.81. The molecule has 0 saturated carbocycles. The minimum absolute atomic E-state index is 0.204. The maximum Gasteiger partial charge on any atom is 0.0508 e. The van der Waals surface area contributed by atoms with Crippen molar-refractivity contribution >= 4 is 0 Å². The lowest BCUT2D eigenvalue weighted by atomic mass is 9.70. The molecule has 2 rings (SSSR count). The molecule has 2 N–H and O–H groups in total. The number of nitrogens with two attached hydrogens (primary N) is 1. The number of methoxy groups -OCH3 is 1. The molecular formula is C14H21NO. The lowest BCUT2D eigenvalue weighted by Crippen LogP contribution is -2.47. The lowest BCUT2D eigenvalue weighted by Gasteiger charge is -2.40. The smallest absolute Gasteiger partial charge is 0.0508 e. The zero-order chi connectivity index (χ0) is 11.6. The van der Waals surface area contributed by atoms with Crippen molar-refractivity contribution in [3.63, 3.8) is 0 Å². The van der Waals surface area contributed by atoms with Crippen molar-refractivity contribution in [2.75, 3.05) is 13.7 Å². The Balaban J connectivity index is 2.36. The number of aryl methyl sites for hydroxylation is 1. The second-order valence-electron chi connectivity index (χ2n) is 4.91. The molecule has 88 valence electrons. The molecule has 0 saturated heterocycles. The summed E-state index contributed by atoms with van der Waals surface area (Å²) in [5.41, 5.74) is 9.16. The first-order chi connectivity index (χ1) is 7.68. The molecule has 1 aliphatic rings. The average molecular weight is 219 g/mol. The van der Waals surface area contributed by atoms with Gasteiger partial charge in [0.15, 0.2) is 0 Å². The van der Waals surface area contributed by atoms with Crippen molar-refractivity contribution in [2.24, 2.45) is 11.7 Å². The van der Waals surface area contributed by atoms with Crippen molar-refractivity contribution in [2.45, 2.75) is 31.7 Å². The Kier molecular flexibility index (Phi) is 3.31. The van der Waals surface area contributed by atoms with Crippen molar-refractivity contribution in [3.8, 4) is 0 Å². The molecule has 1 aliphatic carbocycles. The van der Waals surface area contributed by atoms with E-state index in [2.05, 4.69) is 31.2 Å². The van der Waals surface area contributed by atoms with Crippen LogP contribution in [0.15, 0.2) is 24.3 Å². The number of hydrogen-bond donors (Lipinski definition) is 1. The third-order valence-electron chi connectivity index (χ3n) is 3.85. The molecule has 2 unspecified atom stereocenters. The lowest BCUT2D eigenvalue weighted by molar-refractivity contribution is 0.105. The molecule has 0 spiro atoms. The van der Waals surface area contributed by atoms with Gasteiger partial charge in [0.1, 0.15) is 0 Å². The van der Waals surface area contributed by atoms with Crippen LogP contribution in [-0.2, 0) is 16.7 Å². The Bertz CT molecular complexity index is 364. The molecule has 0 bridgehead atoms. The largest absolute Gasteiger partial charge is 0.384 e. The Morgan fingerprint density at radius 3 is 2.94 bits per heavy atom. The third kappa shape index (κ3) is 1.87. The highest BCUT2D eigenvalue weighted by Gasteiger charge is 2.37. The number of benzene rings is 1. The van der Waals surface area contributed by atoms with Gasteiger partial charge in [-0.2, -0.15) is 0 Å². The average Bonchev–Trinajstić information content (AvgIpc) is 2.30. The number of ether oxygens (including phenoxy) is 1. The second-order valence-corrected chi connectivity index (χ2v) is 4.91. The molecule has 0 aliphatic heterocycles. The van der Waals surface area contributed by atoms with Crippen molar-refractivity contribution in [1.82, 2.24) is 0 Å². The van der Waals surface area contributed by atoms with E-state index < -0.39 is 0 Å². The van der Waals surface area contributed by atoms with E-state index >= 15 is 0 Å². The van der Waals surface area contributed by atoms with E-state index in [-0.39, 0.29) is 5.54 Å². The van der Waals surface area contributed by atoms with Gasteiger partial charge in [0.2, 0.25) is 0 Å². The SMILES string of the molecule is COCC(C)C1(N)CCCc2ccccc21. The highest BCUT2D eigenvalue weighted by molar-refractivity contribution is 5.36. The monoisotopic (exact) mass is 219 g/mol. The van der Waals surface area contributed by atoms with Crippen LogP contribution in [0.4, 0.5) is 0 Å². The molecule has 1 aromatic rings. The molecule has 0 heterocycles. The van der Waals surface area contributed by atoms with Crippen molar-refractivity contribution in [1.29, 1.82) is 0 Å². The highest BCUT2D eigenvalue weighted by Crippen LogP contribution is 2.38. The van der Waals surface area contributed by atoms with Crippen molar-refractivity contribution < 1.29 is 4.74 Å². The van der Waals surface area contributed by atoms with Crippen molar-refractivity contribution in [3.05, 3.63) is 35.4 Å². The van der Waals surface area contributed by atoms with E-state index in [9.17, 15) is 0 Å².